The molecule has 7 aromatic rings. The maximum Gasteiger partial charge on any atom is 0.129 e. The average molecular weight is 593 g/mol. The standard InChI is InChI=1S/C43H32N2O/c1-3-15-28-29-16-5-10-21-35(29)44(34(28)4-2)36-22-11-6-17-30(36)31-18-7-12-23-37(31)45-38-24-13-8-19-32(38)42-39(45)26-27-41-43(42)33-20-9-14-25-40(33)46-41/h3-26,41H,2,27H2,1H3/b15-3-. The van der Waals surface area contributed by atoms with Gasteiger partial charge in [0.1, 0.15) is 11.9 Å². The van der Waals surface area contributed by atoms with E-state index in [4.69, 9.17) is 4.74 Å². The second kappa shape index (κ2) is 10.4. The Hall–Kier alpha value is -5.80. The Morgan fingerprint density at radius 1 is 0.674 bits per heavy atom. The molecule has 0 saturated carbocycles. The van der Waals surface area contributed by atoms with Crippen LogP contribution in [0.3, 0.4) is 0 Å². The largest absolute Gasteiger partial charge is 0.485 e. The SMILES string of the molecule is C=Cc1c(/C=C\C)c2ccccc2n1-c1ccccc1-c1ccccc1-n1c2c(c3ccccc31)=C1c3ccccc3OC1CC=2. The minimum Gasteiger partial charge on any atom is -0.485 e. The van der Waals surface area contributed by atoms with Gasteiger partial charge in [-0.05, 0) is 43.3 Å². The van der Waals surface area contributed by atoms with E-state index in [1.54, 1.807) is 0 Å². The van der Waals surface area contributed by atoms with E-state index < -0.39 is 0 Å². The molecule has 5 aromatic carbocycles. The van der Waals surface area contributed by atoms with E-state index in [-0.39, 0.29) is 6.10 Å². The zero-order valence-corrected chi connectivity index (χ0v) is 25.7. The van der Waals surface area contributed by atoms with Crippen molar-refractivity contribution >= 4 is 45.6 Å². The summed E-state index contributed by atoms with van der Waals surface area (Å²) in [5, 5.41) is 4.97. The van der Waals surface area contributed by atoms with E-state index in [1.165, 1.54) is 49.1 Å². The topological polar surface area (TPSA) is 19.1 Å². The number of fused-ring (bicyclic) bond motifs is 7. The van der Waals surface area contributed by atoms with Gasteiger partial charge in [0.15, 0.2) is 0 Å². The molecule has 0 spiro atoms. The Labute approximate surface area is 267 Å². The molecule has 1 aliphatic carbocycles. The molecule has 1 aliphatic heterocycles. The van der Waals surface area contributed by atoms with Gasteiger partial charge in [-0.3, -0.25) is 0 Å². The number of benzene rings is 5. The molecule has 0 saturated heterocycles. The lowest BCUT2D eigenvalue weighted by Crippen LogP contribution is -2.37. The molecule has 1 unspecified atom stereocenters. The van der Waals surface area contributed by atoms with Crippen LogP contribution in [0.5, 0.6) is 5.75 Å². The van der Waals surface area contributed by atoms with Crippen molar-refractivity contribution in [1.29, 1.82) is 0 Å². The lowest BCUT2D eigenvalue weighted by molar-refractivity contribution is 0.282. The molecule has 3 nitrogen and oxygen atoms in total. The zero-order chi connectivity index (χ0) is 30.8. The Kier molecular flexibility index (Phi) is 6.01. The van der Waals surface area contributed by atoms with Crippen LogP contribution in [0, 0.1) is 0 Å². The highest BCUT2D eigenvalue weighted by Gasteiger charge is 2.32. The van der Waals surface area contributed by atoms with Crippen LogP contribution < -0.4 is 15.3 Å². The molecule has 9 rings (SSSR count). The minimum atomic E-state index is 0.0332. The second-order valence-electron chi connectivity index (χ2n) is 12.0. The first kappa shape index (κ1) is 26.6. The van der Waals surface area contributed by atoms with Crippen LogP contribution in [0.25, 0.3) is 68.1 Å². The molecule has 0 radical (unpaired) electrons. The summed E-state index contributed by atoms with van der Waals surface area (Å²) in [6.07, 6.45) is 9.52. The van der Waals surface area contributed by atoms with Gasteiger partial charge < -0.3 is 13.9 Å². The first-order valence-corrected chi connectivity index (χ1v) is 16.0. The molecule has 2 aliphatic rings. The molecule has 3 heterocycles. The van der Waals surface area contributed by atoms with Gasteiger partial charge in [0.05, 0.1) is 33.5 Å². The lowest BCUT2D eigenvalue weighted by Gasteiger charge is -2.19. The molecule has 46 heavy (non-hydrogen) atoms. The van der Waals surface area contributed by atoms with Crippen LogP contribution in [0.4, 0.5) is 0 Å². The second-order valence-corrected chi connectivity index (χ2v) is 12.0. The van der Waals surface area contributed by atoms with Crippen molar-refractivity contribution in [2.45, 2.75) is 19.4 Å². The van der Waals surface area contributed by atoms with Crippen molar-refractivity contribution in [3.05, 3.63) is 161 Å². The van der Waals surface area contributed by atoms with Crippen LogP contribution in [0.1, 0.15) is 30.2 Å². The van der Waals surface area contributed by atoms with E-state index in [0.29, 0.717) is 0 Å². The van der Waals surface area contributed by atoms with Crippen molar-refractivity contribution < 1.29 is 4.74 Å². The Morgan fingerprint density at radius 3 is 1.98 bits per heavy atom. The molecule has 3 heteroatoms. The fourth-order valence-corrected chi connectivity index (χ4v) is 7.73. The van der Waals surface area contributed by atoms with Crippen molar-refractivity contribution in [1.82, 2.24) is 9.13 Å². The Balaban J connectivity index is 1.36. The van der Waals surface area contributed by atoms with Gasteiger partial charge in [-0.15, -0.1) is 0 Å². The number of para-hydroxylation sites is 5. The van der Waals surface area contributed by atoms with Gasteiger partial charge in [0.25, 0.3) is 0 Å². The summed E-state index contributed by atoms with van der Waals surface area (Å²) in [6.45, 7) is 6.33. The van der Waals surface area contributed by atoms with E-state index in [1.807, 2.05) is 6.08 Å². The summed E-state index contributed by atoms with van der Waals surface area (Å²) in [5.74, 6) is 0.976. The third-order valence-corrected chi connectivity index (χ3v) is 9.53. The van der Waals surface area contributed by atoms with E-state index >= 15 is 0 Å². The number of hydrogen-bond donors (Lipinski definition) is 0. The van der Waals surface area contributed by atoms with Crippen LogP contribution in [0.15, 0.2) is 134 Å². The van der Waals surface area contributed by atoms with Gasteiger partial charge in [0.2, 0.25) is 0 Å². The fraction of sp³-hybridized carbons (Fsp3) is 0.0698. The summed E-state index contributed by atoms with van der Waals surface area (Å²) in [4.78, 5) is 0. The maximum absolute atomic E-state index is 6.47. The summed E-state index contributed by atoms with van der Waals surface area (Å²) < 4.78 is 11.3. The third-order valence-electron chi connectivity index (χ3n) is 9.53. The predicted molar refractivity (Wildman–Crippen MR) is 192 cm³/mol. The first-order valence-electron chi connectivity index (χ1n) is 16.0. The summed E-state index contributed by atoms with van der Waals surface area (Å²) >= 11 is 0. The highest BCUT2D eigenvalue weighted by molar-refractivity contribution is 5.97. The molecular formula is C43H32N2O. The molecule has 0 bridgehead atoms. The quantitative estimate of drug-likeness (QED) is 0.195. The highest BCUT2D eigenvalue weighted by atomic mass is 16.5. The summed E-state index contributed by atoms with van der Waals surface area (Å²) in [6, 6.07) is 43.5. The average Bonchev–Trinajstić information content (AvgIpc) is 3.76. The van der Waals surface area contributed by atoms with Crippen molar-refractivity contribution in [3.63, 3.8) is 0 Å². The zero-order valence-electron chi connectivity index (χ0n) is 25.7. The Bertz CT molecular complexity index is 2520. The van der Waals surface area contributed by atoms with Gasteiger partial charge >= 0.3 is 0 Å². The molecule has 0 amide bonds. The van der Waals surface area contributed by atoms with Crippen LogP contribution >= 0.6 is 0 Å². The number of ether oxygens (including phenoxy) is 1. The third kappa shape index (κ3) is 3.72. The van der Waals surface area contributed by atoms with Crippen molar-refractivity contribution in [3.8, 4) is 28.3 Å². The highest BCUT2D eigenvalue weighted by Crippen LogP contribution is 2.40. The van der Waals surface area contributed by atoms with E-state index in [9.17, 15) is 0 Å². The molecule has 0 N–H and O–H groups in total. The van der Waals surface area contributed by atoms with Crippen molar-refractivity contribution in [2.24, 2.45) is 0 Å². The molecule has 220 valence electrons. The number of aromatic nitrogens is 2. The normalized spacial score (nSPS) is 15.1. The Morgan fingerprint density at radius 2 is 1.26 bits per heavy atom. The maximum atomic E-state index is 6.47. The van der Waals surface area contributed by atoms with E-state index in [2.05, 4.69) is 162 Å². The monoisotopic (exact) mass is 592 g/mol. The molecule has 1 atom stereocenters. The summed E-state index contributed by atoms with van der Waals surface area (Å²) in [7, 11) is 0. The van der Waals surface area contributed by atoms with Gasteiger partial charge in [-0.25, -0.2) is 0 Å². The van der Waals surface area contributed by atoms with Crippen LogP contribution in [-0.2, 0) is 0 Å². The van der Waals surface area contributed by atoms with Gasteiger partial charge in [-0.1, -0.05) is 116 Å². The predicted octanol–water partition coefficient (Wildman–Crippen LogP) is 9.06. The molecule has 0 fully saturated rings. The van der Waals surface area contributed by atoms with E-state index in [0.717, 1.165) is 40.3 Å². The number of hydrogen-bond acceptors (Lipinski definition) is 1. The molecule has 2 aromatic heterocycles. The van der Waals surface area contributed by atoms with Gasteiger partial charge in [0, 0.05) is 50.2 Å². The smallest absolute Gasteiger partial charge is 0.129 e. The fourth-order valence-electron chi connectivity index (χ4n) is 7.73. The molecular weight excluding hydrogens is 560 g/mol. The van der Waals surface area contributed by atoms with Crippen LogP contribution in [-0.4, -0.2) is 15.2 Å². The van der Waals surface area contributed by atoms with Gasteiger partial charge in [-0.2, -0.15) is 0 Å². The number of nitrogens with zero attached hydrogens (tertiary/aromatic N) is 2. The first-order chi connectivity index (χ1) is 22.8. The summed E-state index contributed by atoms with van der Waals surface area (Å²) in [5.41, 5.74) is 11.7. The number of rotatable bonds is 5. The van der Waals surface area contributed by atoms with Crippen molar-refractivity contribution in [2.75, 3.05) is 0 Å². The minimum absolute atomic E-state index is 0.0332. The van der Waals surface area contributed by atoms with Crippen LogP contribution in [0.2, 0.25) is 0 Å². The number of allylic oxidation sites excluding steroid dienone is 1. The lowest BCUT2D eigenvalue weighted by atomic mass is 9.94.